The molecule has 72 valence electrons. The van der Waals surface area contributed by atoms with Crippen LogP contribution in [-0.4, -0.2) is 15.6 Å². The van der Waals surface area contributed by atoms with Crippen LogP contribution in [0.1, 0.15) is 31.9 Å². The number of carbonyl (C=O) groups excluding carboxylic acids is 1. The van der Waals surface area contributed by atoms with Crippen LogP contribution in [0.25, 0.3) is 0 Å². The summed E-state index contributed by atoms with van der Waals surface area (Å²) in [5.41, 5.74) is 0.928. The topological polar surface area (TPSA) is 34.9 Å². The van der Waals surface area contributed by atoms with Crippen molar-refractivity contribution >= 4 is 17.4 Å². The predicted molar refractivity (Wildman–Crippen MR) is 51.9 cm³/mol. The predicted octanol–water partition coefficient (Wildman–Crippen LogP) is 2.16. The van der Waals surface area contributed by atoms with Gasteiger partial charge in [0.2, 0.25) is 0 Å². The molecule has 1 heterocycles. The summed E-state index contributed by atoms with van der Waals surface area (Å²) in [6, 6.07) is 0. The fourth-order valence-corrected chi connectivity index (χ4v) is 1.85. The fraction of sp³-hybridized carbons (Fsp3) is 0.556. The van der Waals surface area contributed by atoms with Crippen molar-refractivity contribution in [1.82, 2.24) is 9.78 Å². The van der Waals surface area contributed by atoms with Gasteiger partial charge in [0.1, 0.15) is 5.78 Å². The molecule has 0 fully saturated rings. The molecule has 1 unspecified atom stereocenters. The first kappa shape index (κ1) is 10.3. The van der Waals surface area contributed by atoms with E-state index in [2.05, 4.69) is 5.10 Å². The molecule has 0 saturated carbocycles. The molecule has 1 rings (SSSR count). The fourth-order valence-electron chi connectivity index (χ4n) is 1.50. The molecule has 0 bridgehead atoms. The van der Waals surface area contributed by atoms with E-state index in [0.717, 1.165) is 5.69 Å². The molecule has 0 saturated heterocycles. The number of halogens is 1. The second kappa shape index (κ2) is 3.92. The number of Topliss-reactive ketones (excluding diaryl/α,β-unsaturated/α-hetero) is 1. The highest BCUT2D eigenvalue weighted by Gasteiger charge is 2.15. The Morgan fingerprint density at radius 1 is 1.77 bits per heavy atom. The van der Waals surface area contributed by atoms with Crippen LogP contribution in [-0.2, 0) is 11.8 Å². The van der Waals surface area contributed by atoms with Crippen molar-refractivity contribution in [2.45, 2.75) is 26.2 Å². The van der Waals surface area contributed by atoms with E-state index < -0.39 is 0 Å². The first-order valence-corrected chi connectivity index (χ1v) is 4.57. The summed E-state index contributed by atoms with van der Waals surface area (Å²) in [6.07, 6.45) is 2.12. The maximum absolute atomic E-state index is 10.9. The summed E-state index contributed by atoms with van der Waals surface area (Å²) in [6.45, 7) is 3.56. The average molecular weight is 201 g/mol. The zero-order valence-corrected chi connectivity index (χ0v) is 8.80. The molecule has 1 aromatic rings. The molecule has 0 aliphatic rings. The number of carbonyl (C=O) groups is 1. The number of ketones is 1. The molecule has 0 aromatic carbocycles. The van der Waals surface area contributed by atoms with Crippen molar-refractivity contribution in [3.63, 3.8) is 0 Å². The largest absolute Gasteiger partial charge is 0.300 e. The zero-order valence-electron chi connectivity index (χ0n) is 8.04. The Morgan fingerprint density at radius 3 is 2.77 bits per heavy atom. The first-order valence-electron chi connectivity index (χ1n) is 4.19. The van der Waals surface area contributed by atoms with Crippen molar-refractivity contribution in [1.29, 1.82) is 0 Å². The number of aromatic nitrogens is 2. The highest BCUT2D eigenvalue weighted by atomic mass is 35.5. The lowest BCUT2D eigenvalue weighted by molar-refractivity contribution is -0.117. The molecule has 1 aromatic heterocycles. The lowest BCUT2D eigenvalue weighted by atomic mass is 10.0. The van der Waals surface area contributed by atoms with Gasteiger partial charge in [-0.15, -0.1) is 0 Å². The van der Waals surface area contributed by atoms with E-state index in [4.69, 9.17) is 11.6 Å². The third kappa shape index (κ3) is 2.31. The highest BCUT2D eigenvalue weighted by Crippen LogP contribution is 2.25. The zero-order chi connectivity index (χ0) is 10.0. The van der Waals surface area contributed by atoms with Crippen molar-refractivity contribution in [2.24, 2.45) is 7.05 Å². The molecule has 0 aliphatic heterocycles. The minimum Gasteiger partial charge on any atom is -0.300 e. The monoisotopic (exact) mass is 200 g/mol. The van der Waals surface area contributed by atoms with E-state index in [1.54, 1.807) is 17.8 Å². The van der Waals surface area contributed by atoms with Crippen molar-refractivity contribution in [2.75, 3.05) is 0 Å². The number of hydrogen-bond acceptors (Lipinski definition) is 2. The van der Waals surface area contributed by atoms with E-state index in [-0.39, 0.29) is 11.7 Å². The van der Waals surface area contributed by atoms with Gasteiger partial charge in [0.25, 0.3) is 0 Å². The summed E-state index contributed by atoms with van der Waals surface area (Å²) in [5.74, 6) is 0.308. The minimum absolute atomic E-state index is 0.137. The Morgan fingerprint density at radius 2 is 2.38 bits per heavy atom. The number of aryl methyl sites for hydroxylation is 1. The van der Waals surface area contributed by atoms with Crippen molar-refractivity contribution in [3.8, 4) is 0 Å². The van der Waals surface area contributed by atoms with Crippen LogP contribution in [0.15, 0.2) is 6.20 Å². The molecule has 0 amide bonds. The maximum Gasteiger partial charge on any atom is 0.130 e. The molecule has 0 spiro atoms. The van der Waals surface area contributed by atoms with Gasteiger partial charge in [-0.25, -0.2) is 0 Å². The molecular formula is C9H13ClN2O. The van der Waals surface area contributed by atoms with Crippen LogP contribution in [0.4, 0.5) is 0 Å². The second-order valence-electron chi connectivity index (χ2n) is 3.31. The van der Waals surface area contributed by atoms with Crippen molar-refractivity contribution in [3.05, 3.63) is 16.9 Å². The summed E-state index contributed by atoms with van der Waals surface area (Å²) >= 11 is 5.93. The summed E-state index contributed by atoms with van der Waals surface area (Å²) in [4.78, 5) is 10.9. The maximum atomic E-state index is 10.9. The molecule has 0 N–H and O–H groups in total. The number of nitrogens with zero attached hydrogens (tertiary/aromatic N) is 2. The third-order valence-electron chi connectivity index (χ3n) is 2.00. The molecule has 1 atom stereocenters. The minimum atomic E-state index is 0.137. The number of rotatable bonds is 3. The van der Waals surface area contributed by atoms with Crippen molar-refractivity contribution < 1.29 is 4.79 Å². The standard InChI is InChI=1S/C9H13ClN2O/c1-6(4-7(2)13)9-8(10)5-11-12(9)3/h5-6H,4H2,1-3H3. The Labute approximate surface area is 82.7 Å². The lowest BCUT2D eigenvalue weighted by Gasteiger charge is -2.10. The van der Waals surface area contributed by atoms with Crippen LogP contribution in [0, 0.1) is 0 Å². The summed E-state index contributed by atoms with van der Waals surface area (Å²) < 4.78 is 1.72. The quantitative estimate of drug-likeness (QED) is 0.750. The Bertz CT molecular complexity index is 300. The average Bonchev–Trinajstić information content (AvgIpc) is 2.29. The third-order valence-corrected chi connectivity index (χ3v) is 2.29. The van der Waals surface area contributed by atoms with Gasteiger partial charge in [0, 0.05) is 19.4 Å². The Balaban J connectivity index is 2.87. The second-order valence-corrected chi connectivity index (χ2v) is 3.72. The van der Waals surface area contributed by atoms with Gasteiger partial charge in [0.05, 0.1) is 16.9 Å². The normalized spacial score (nSPS) is 12.9. The SMILES string of the molecule is CC(=O)CC(C)c1c(Cl)cnn1C. The molecule has 4 heteroatoms. The highest BCUT2D eigenvalue weighted by molar-refractivity contribution is 6.31. The van der Waals surface area contributed by atoms with Crippen LogP contribution in [0.5, 0.6) is 0 Å². The summed E-state index contributed by atoms with van der Waals surface area (Å²) in [7, 11) is 1.83. The van der Waals surface area contributed by atoms with Crippen LogP contribution >= 0.6 is 11.6 Å². The van der Waals surface area contributed by atoms with E-state index in [9.17, 15) is 4.79 Å². The first-order chi connectivity index (χ1) is 6.02. The van der Waals surface area contributed by atoms with Gasteiger partial charge in [-0.05, 0) is 6.92 Å². The molecule has 0 radical (unpaired) electrons. The van der Waals surface area contributed by atoms with E-state index in [1.165, 1.54) is 0 Å². The van der Waals surface area contributed by atoms with Gasteiger partial charge in [-0.3, -0.25) is 4.68 Å². The van der Waals surface area contributed by atoms with Gasteiger partial charge >= 0.3 is 0 Å². The van der Waals surface area contributed by atoms with Gasteiger partial charge in [-0.2, -0.15) is 5.10 Å². The molecule has 3 nitrogen and oxygen atoms in total. The number of hydrogen-bond donors (Lipinski definition) is 0. The molecular weight excluding hydrogens is 188 g/mol. The van der Waals surface area contributed by atoms with Gasteiger partial charge < -0.3 is 4.79 Å². The smallest absolute Gasteiger partial charge is 0.130 e. The lowest BCUT2D eigenvalue weighted by Crippen LogP contribution is -2.06. The Hall–Kier alpha value is -0.830. The Kier molecular flexibility index (Phi) is 3.09. The summed E-state index contributed by atoms with van der Waals surface area (Å²) in [5, 5.41) is 4.65. The molecule has 0 aliphatic carbocycles. The van der Waals surface area contributed by atoms with Crippen LogP contribution < -0.4 is 0 Å². The van der Waals surface area contributed by atoms with Gasteiger partial charge in [-0.1, -0.05) is 18.5 Å². The molecule has 13 heavy (non-hydrogen) atoms. The van der Waals surface area contributed by atoms with E-state index in [1.807, 2.05) is 14.0 Å². The van der Waals surface area contributed by atoms with Gasteiger partial charge in [0.15, 0.2) is 0 Å². The van der Waals surface area contributed by atoms with E-state index in [0.29, 0.717) is 11.4 Å². The van der Waals surface area contributed by atoms with E-state index >= 15 is 0 Å². The van der Waals surface area contributed by atoms with Crippen LogP contribution in [0.3, 0.4) is 0 Å². The van der Waals surface area contributed by atoms with Crippen LogP contribution in [0.2, 0.25) is 5.02 Å².